The zero-order chi connectivity index (χ0) is 13.9. The van der Waals surface area contributed by atoms with Crippen molar-refractivity contribution in [2.45, 2.75) is 11.3 Å². The van der Waals surface area contributed by atoms with Gasteiger partial charge >= 0.3 is 11.9 Å². The molecule has 0 aromatic heterocycles. The van der Waals surface area contributed by atoms with Crippen LogP contribution in [0, 0.1) is 5.92 Å². The summed E-state index contributed by atoms with van der Waals surface area (Å²) >= 11 is 0. The Morgan fingerprint density at radius 2 is 1.50 bits per heavy atom. The van der Waals surface area contributed by atoms with Crippen molar-refractivity contribution in [2.24, 2.45) is 5.92 Å². The van der Waals surface area contributed by atoms with E-state index in [-0.39, 0.29) is 11.3 Å². The fourth-order valence-electron chi connectivity index (χ4n) is 1.31. The van der Waals surface area contributed by atoms with E-state index in [1.165, 1.54) is 12.1 Å². The molecule has 0 atom stereocenters. The van der Waals surface area contributed by atoms with E-state index < -0.39 is 28.0 Å². The van der Waals surface area contributed by atoms with Gasteiger partial charge in [0.2, 0.25) is 0 Å². The highest BCUT2D eigenvalue weighted by Crippen LogP contribution is 2.14. The molecule has 0 unspecified atom stereocenters. The van der Waals surface area contributed by atoms with Gasteiger partial charge in [-0.2, -0.15) is 8.42 Å². The maximum atomic E-state index is 10.8. The van der Waals surface area contributed by atoms with Crippen molar-refractivity contribution < 1.29 is 32.8 Å². The molecule has 0 amide bonds. The SMILES string of the molecule is O=C(O)C(Cc1ccc(S(=O)(=O)O)cc1)C(=O)O. The van der Waals surface area contributed by atoms with Crippen molar-refractivity contribution in [2.75, 3.05) is 0 Å². The first-order valence-electron chi connectivity index (χ1n) is 4.74. The van der Waals surface area contributed by atoms with Crippen molar-refractivity contribution in [1.82, 2.24) is 0 Å². The number of carbonyl (C=O) groups is 2. The molecule has 3 N–H and O–H groups in total. The Balaban J connectivity index is 2.93. The van der Waals surface area contributed by atoms with E-state index in [9.17, 15) is 18.0 Å². The Morgan fingerprint density at radius 1 is 1.06 bits per heavy atom. The van der Waals surface area contributed by atoms with Crippen LogP contribution in [-0.4, -0.2) is 35.1 Å². The average molecular weight is 274 g/mol. The van der Waals surface area contributed by atoms with Gasteiger partial charge in [-0.3, -0.25) is 14.1 Å². The first-order chi connectivity index (χ1) is 8.21. The summed E-state index contributed by atoms with van der Waals surface area (Å²) in [4.78, 5) is 21.0. The van der Waals surface area contributed by atoms with Crippen molar-refractivity contribution in [1.29, 1.82) is 0 Å². The normalized spacial score (nSPS) is 11.4. The number of rotatable bonds is 5. The van der Waals surface area contributed by atoms with Gasteiger partial charge in [-0.15, -0.1) is 0 Å². The number of carboxylic acids is 2. The van der Waals surface area contributed by atoms with Crippen molar-refractivity contribution >= 4 is 22.1 Å². The second-order valence-corrected chi connectivity index (χ2v) is 4.97. The molecule has 8 heteroatoms. The van der Waals surface area contributed by atoms with Crippen LogP contribution in [0.5, 0.6) is 0 Å². The van der Waals surface area contributed by atoms with Crippen molar-refractivity contribution in [3.63, 3.8) is 0 Å². The van der Waals surface area contributed by atoms with E-state index in [1.54, 1.807) is 0 Å². The van der Waals surface area contributed by atoms with Crippen LogP contribution in [0.2, 0.25) is 0 Å². The molecule has 1 aromatic carbocycles. The number of benzene rings is 1. The highest BCUT2D eigenvalue weighted by molar-refractivity contribution is 7.85. The minimum Gasteiger partial charge on any atom is -0.481 e. The van der Waals surface area contributed by atoms with Crippen LogP contribution < -0.4 is 0 Å². The zero-order valence-corrected chi connectivity index (χ0v) is 9.79. The van der Waals surface area contributed by atoms with E-state index in [0.29, 0.717) is 5.56 Å². The van der Waals surface area contributed by atoms with Crippen LogP contribution >= 0.6 is 0 Å². The lowest BCUT2D eigenvalue weighted by molar-refractivity contribution is -0.154. The Bertz CT molecular complexity index is 544. The molecular weight excluding hydrogens is 264 g/mol. The highest BCUT2D eigenvalue weighted by atomic mass is 32.2. The van der Waals surface area contributed by atoms with Gasteiger partial charge in [0.05, 0.1) is 4.90 Å². The van der Waals surface area contributed by atoms with Gasteiger partial charge in [0.25, 0.3) is 10.1 Å². The predicted octanol–water partition coefficient (Wildman–Crippen LogP) is 0.261. The summed E-state index contributed by atoms with van der Waals surface area (Å²) in [5, 5.41) is 17.3. The summed E-state index contributed by atoms with van der Waals surface area (Å²) < 4.78 is 30.2. The number of carboxylic acid groups (broad SMARTS) is 2. The summed E-state index contributed by atoms with van der Waals surface area (Å²) in [6.07, 6.45) is -0.267. The van der Waals surface area contributed by atoms with E-state index in [2.05, 4.69) is 0 Å². The van der Waals surface area contributed by atoms with Gasteiger partial charge in [-0.05, 0) is 24.1 Å². The van der Waals surface area contributed by atoms with Gasteiger partial charge in [-0.25, -0.2) is 0 Å². The summed E-state index contributed by atoms with van der Waals surface area (Å²) in [7, 11) is -4.31. The molecule has 0 saturated heterocycles. The molecule has 0 aliphatic rings. The summed E-state index contributed by atoms with van der Waals surface area (Å²) in [6, 6.07) is 4.65. The maximum Gasteiger partial charge on any atom is 0.318 e. The summed E-state index contributed by atoms with van der Waals surface area (Å²) in [6.45, 7) is 0. The topological polar surface area (TPSA) is 129 Å². The first-order valence-corrected chi connectivity index (χ1v) is 6.18. The first kappa shape index (κ1) is 14.1. The number of aliphatic carboxylic acids is 2. The lowest BCUT2D eigenvalue weighted by atomic mass is 10.00. The van der Waals surface area contributed by atoms with Crippen LogP contribution in [0.3, 0.4) is 0 Å². The van der Waals surface area contributed by atoms with Crippen LogP contribution in [0.15, 0.2) is 29.2 Å². The smallest absolute Gasteiger partial charge is 0.318 e. The van der Waals surface area contributed by atoms with Crippen molar-refractivity contribution in [3.05, 3.63) is 29.8 Å². The fourth-order valence-corrected chi connectivity index (χ4v) is 1.79. The predicted molar refractivity (Wildman–Crippen MR) is 58.7 cm³/mol. The largest absolute Gasteiger partial charge is 0.481 e. The van der Waals surface area contributed by atoms with Gasteiger partial charge in [-0.1, -0.05) is 12.1 Å². The molecule has 1 rings (SSSR count). The van der Waals surface area contributed by atoms with Gasteiger partial charge in [0, 0.05) is 0 Å². The zero-order valence-electron chi connectivity index (χ0n) is 8.98. The molecule has 1 aromatic rings. The molecule has 98 valence electrons. The molecule has 0 fully saturated rings. The Hall–Kier alpha value is -1.93. The third kappa shape index (κ3) is 3.54. The average Bonchev–Trinajstić information content (AvgIpc) is 2.24. The standard InChI is InChI=1S/C10H10O7S/c11-9(12)8(10(13)14)5-6-1-3-7(4-2-6)18(15,16)17/h1-4,8H,5H2,(H,11,12)(H,13,14)(H,15,16,17). The monoisotopic (exact) mass is 274 g/mol. The molecule has 0 bridgehead atoms. The second-order valence-electron chi connectivity index (χ2n) is 3.55. The molecule has 0 aliphatic heterocycles. The third-order valence-electron chi connectivity index (χ3n) is 2.26. The van der Waals surface area contributed by atoms with Gasteiger partial charge < -0.3 is 10.2 Å². The van der Waals surface area contributed by atoms with E-state index >= 15 is 0 Å². The molecule has 0 heterocycles. The van der Waals surface area contributed by atoms with Gasteiger partial charge in [0.1, 0.15) is 0 Å². The lowest BCUT2D eigenvalue weighted by Crippen LogP contribution is -2.25. The molecule has 0 saturated carbocycles. The Kier molecular flexibility index (Phi) is 4.04. The lowest BCUT2D eigenvalue weighted by Gasteiger charge is -2.07. The molecular formula is C10H10O7S. The minimum atomic E-state index is -4.31. The van der Waals surface area contributed by atoms with E-state index in [1.807, 2.05) is 0 Å². The Labute approximate surface area is 102 Å². The van der Waals surface area contributed by atoms with E-state index in [4.69, 9.17) is 14.8 Å². The maximum absolute atomic E-state index is 10.8. The molecule has 18 heavy (non-hydrogen) atoms. The minimum absolute atomic E-state index is 0.267. The third-order valence-corrected chi connectivity index (χ3v) is 3.13. The van der Waals surface area contributed by atoms with Crippen LogP contribution in [0.25, 0.3) is 0 Å². The van der Waals surface area contributed by atoms with Crippen LogP contribution in [0.4, 0.5) is 0 Å². The fraction of sp³-hybridized carbons (Fsp3) is 0.200. The van der Waals surface area contributed by atoms with E-state index in [0.717, 1.165) is 12.1 Å². The second kappa shape index (κ2) is 5.15. The molecule has 7 nitrogen and oxygen atoms in total. The van der Waals surface area contributed by atoms with Gasteiger partial charge in [0.15, 0.2) is 5.92 Å². The Morgan fingerprint density at radius 3 is 1.83 bits per heavy atom. The summed E-state index contributed by atoms with van der Waals surface area (Å²) in [5.41, 5.74) is 0.345. The van der Waals surface area contributed by atoms with Crippen LogP contribution in [-0.2, 0) is 26.1 Å². The van der Waals surface area contributed by atoms with Crippen LogP contribution in [0.1, 0.15) is 5.56 Å². The molecule has 0 spiro atoms. The summed E-state index contributed by atoms with van der Waals surface area (Å²) in [5.74, 6) is -4.54. The number of hydrogen-bond donors (Lipinski definition) is 3. The molecule has 0 aliphatic carbocycles. The number of hydrogen-bond acceptors (Lipinski definition) is 4. The molecule has 0 radical (unpaired) electrons. The highest BCUT2D eigenvalue weighted by Gasteiger charge is 2.26. The van der Waals surface area contributed by atoms with Crippen molar-refractivity contribution in [3.8, 4) is 0 Å². The quantitative estimate of drug-likeness (QED) is 0.518.